The predicted octanol–water partition coefficient (Wildman–Crippen LogP) is 5.49. The molecule has 3 nitrogen and oxygen atoms in total. The molecule has 0 saturated heterocycles. The van der Waals surface area contributed by atoms with Crippen LogP contribution < -0.4 is 5.43 Å². The van der Waals surface area contributed by atoms with Gasteiger partial charge in [-0.1, -0.05) is 73.5 Å². The zero-order valence-corrected chi connectivity index (χ0v) is 14.8. The van der Waals surface area contributed by atoms with Gasteiger partial charge in [0.05, 0.1) is 10.7 Å². The highest BCUT2D eigenvalue weighted by atomic mass is 35.5. The first-order chi connectivity index (χ1) is 11.7. The highest BCUT2D eigenvalue weighted by Crippen LogP contribution is 2.34. The fourth-order valence-electron chi connectivity index (χ4n) is 2.46. The molecule has 122 valence electrons. The zero-order chi connectivity index (χ0) is 16.9. The number of hydrazone groups is 1. The number of nitrogens with one attached hydrogen (secondary N) is 1. The van der Waals surface area contributed by atoms with E-state index in [1.807, 2.05) is 54.6 Å². The monoisotopic (exact) mass is 356 g/mol. The van der Waals surface area contributed by atoms with Gasteiger partial charge in [0.2, 0.25) is 0 Å². The summed E-state index contributed by atoms with van der Waals surface area (Å²) in [6.45, 7) is 2.09. The largest absolute Gasteiger partial charge is 0.283 e. The van der Waals surface area contributed by atoms with Gasteiger partial charge in [-0.2, -0.15) is 5.10 Å². The highest BCUT2D eigenvalue weighted by Gasteiger charge is 2.16. The summed E-state index contributed by atoms with van der Waals surface area (Å²) in [6, 6.07) is 17.6. The molecule has 0 spiro atoms. The maximum atomic E-state index is 12.5. The van der Waals surface area contributed by atoms with E-state index in [2.05, 4.69) is 17.5 Å². The molecule has 1 heterocycles. The van der Waals surface area contributed by atoms with Crippen LogP contribution in [-0.2, 0) is 0 Å². The van der Waals surface area contributed by atoms with E-state index in [4.69, 9.17) is 11.6 Å². The Morgan fingerprint density at radius 1 is 1.12 bits per heavy atom. The molecule has 24 heavy (non-hydrogen) atoms. The minimum Gasteiger partial charge on any atom is -0.266 e. The Balaban J connectivity index is 1.85. The van der Waals surface area contributed by atoms with Gasteiger partial charge < -0.3 is 0 Å². The average molecular weight is 357 g/mol. The second-order valence-corrected chi connectivity index (χ2v) is 6.79. The number of thiophene rings is 1. The van der Waals surface area contributed by atoms with E-state index in [-0.39, 0.29) is 5.91 Å². The maximum Gasteiger partial charge on any atom is 0.283 e. The number of nitrogens with zero attached hydrogens (tertiary/aromatic N) is 1. The van der Waals surface area contributed by atoms with Crippen molar-refractivity contribution in [1.82, 2.24) is 5.43 Å². The highest BCUT2D eigenvalue weighted by molar-refractivity contribution is 7.21. The molecule has 1 N–H and O–H groups in total. The molecule has 5 heteroatoms. The number of halogens is 1. The Labute approximate surface area is 150 Å². The third-order valence-corrected chi connectivity index (χ3v) is 5.30. The lowest BCUT2D eigenvalue weighted by atomic mass is 10.1. The van der Waals surface area contributed by atoms with Gasteiger partial charge in [0, 0.05) is 10.1 Å². The minimum absolute atomic E-state index is 0.272. The first kappa shape index (κ1) is 16.7. The molecule has 0 unspecified atom stereocenters. The van der Waals surface area contributed by atoms with Gasteiger partial charge in [-0.3, -0.25) is 4.79 Å². The van der Waals surface area contributed by atoms with E-state index >= 15 is 0 Å². The lowest BCUT2D eigenvalue weighted by Crippen LogP contribution is -2.19. The standard InChI is InChI=1S/C19H17ClN2OS/c1-2-8-15(13-9-4-3-5-10-13)21-22-19(23)18-17(20)14-11-6-7-12-16(14)24-18/h3-7,9-12H,2,8H2,1H3,(H,22,23)/b21-15-. The van der Waals surface area contributed by atoms with Crippen LogP contribution in [0, 0.1) is 0 Å². The number of fused-ring (bicyclic) bond motifs is 1. The Morgan fingerprint density at radius 2 is 1.83 bits per heavy atom. The Bertz CT molecular complexity index is 887. The van der Waals surface area contributed by atoms with Crippen LogP contribution in [0.25, 0.3) is 10.1 Å². The predicted molar refractivity (Wildman–Crippen MR) is 102 cm³/mol. The summed E-state index contributed by atoms with van der Waals surface area (Å²) in [6.07, 6.45) is 1.75. The van der Waals surface area contributed by atoms with Gasteiger partial charge >= 0.3 is 0 Å². The molecule has 0 aliphatic carbocycles. The summed E-state index contributed by atoms with van der Waals surface area (Å²) in [5.74, 6) is -0.272. The maximum absolute atomic E-state index is 12.5. The molecular formula is C19H17ClN2OS. The molecule has 1 aromatic heterocycles. The molecule has 3 aromatic rings. The van der Waals surface area contributed by atoms with Gasteiger partial charge in [-0.25, -0.2) is 5.43 Å². The van der Waals surface area contributed by atoms with Crippen molar-refractivity contribution in [2.45, 2.75) is 19.8 Å². The molecule has 3 rings (SSSR count). The minimum atomic E-state index is -0.272. The van der Waals surface area contributed by atoms with Crippen molar-refractivity contribution < 1.29 is 4.79 Å². The van der Waals surface area contributed by atoms with E-state index in [1.165, 1.54) is 11.3 Å². The number of benzene rings is 2. The van der Waals surface area contributed by atoms with Crippen molar-refractivity contribution in [1.29, 1.82) is 0 Å². The quantitative estimate of drug-likeness (QED) is 0.476. The van der Waals surface area contributed by atoms with Crippen molar-refractivity contribution >= 4 is 44.6 Å². The van der Waals surface area contributed by atoms with Crippen LogP contribution in [0.15, 0.2) is 59.7 Å². The van der Waals surface area contributed by atoms with Gasteiger partial charge in [0.25, 0.3) is 5.91 Å². The second kappa shape index (κ2) is 7.60. The molecule has 0 bridgehead atoms. The third-order valence-electron chi connectivity index (χ3n) is 3.63. The number of hydrogen-bond acceptors (Lipinski definition) is 3. The molecular weight excluding hydrogens is 340 g/mol. The van der Waals surface area contributed by atoms with E-state index in [0.717, 1.165) is 34.2 Å². The average Bonchev–Trinajstić information content (AvgIpc) is 2.96. The smallest absolute Gasteiger partial charge is 0.266 e. The van der Waals surface area contributed by atoms with Crippen LogP contribution in [0.3, 0.4) is 0 Å². The summed E-state index contributed by atoms with van der Waals surface area (Å²) in [7, 11) is 0. The Hall–Kier alpha value is -2.17. The number of rotatable bonds is 5. The van der Waals surface area contributed by atoms with Gasteiger partial charge in [-0.15, -0.1) is 11.3 Å². The topological polar surface area (TPSA) is 41.5 Å². The van der Waals surface area contributed by atoms with Crippen LogP contribution in [-0.4, -0.2) is 11.6 Å². The SMILES string of the molecule is CCC/C(=N/NC(=O)c1sc2ccccc2c1Cl)c1ccccc1. The molecule has 2 aromatic carbocycles. The fourth-order valence-corrected chi connectivity index (χ4v) is 3.87. The van der Waals surface area contributed by atoms with E-state index in [9.17, 15) is 4.79 Å². The van der Waals surface area contributed by atoms with E-state index in [0.29, 0.717) is 9.90 Å². The van der Waals surface area contributed by atoms with Crippen molar-refractivity contribution in [3.05, 3.63) is 70.1 Å². The van der Waals surface area contributed by atoms with E-state index in [1.54, 1.807) is 0 Å². The molecule has 0 atom stereocenters. The lowest BCUT2D eigenvalue weighted by molar-refractivity contribution is 0.0959. The fraction of sp³-hybridized carbons (Fsp3) is 0.158. The summed E-state index contributed by atoms with van der Waals surface area (Å²) >= 11 is 7.73. The molecule has 0 fully saturated rings. The summed E-state index contributed by atoms with van der Waals surface area (Å²) in [4.78, 5) is 13.0. The number of amides is 1. The van der Waals surface area contributed by atoms with Crippen LogP contribution in [0.5, 0.6) is 0 Å². The van der Waals surface area contributed by atoms with Gasteiger partial charge in [-0.05, 0) is 18.1 Å². The first-order valence-corrected chi connectivity index (χ1v) is 8.99. The van der Waals surface area contributed by atoms with Crippen LogP contribution >= 0.6 is 22.9 Å². The number of carbonyl (C=O) groups excluding carboxylic acids is 1. The van der Waals surface area contributed by atoms with Crippen LogP contribution in [0.4, 0.5) is 0 Å². The van der Waals surface area contributed by atoms with Crippen LogP contribution in [0.2, 0.25) is 5.02 Å². The lowest BCUT2D eigenvalue weighted by Gasteiger charge is -2.06. The van der Waals surface area contributed by atoms with Crippen LogP contribution in [0.1, 0.15) is 35.0 Å². The summed E-state index contributed by atoms with van der Waals surface area (Å²) < 4.78 is 0.994. The first-order valence-electron chi connectivity index (χ1n) is 7.80. The number of carbonyl (C=O) groups is 1. The summed E-state index contributed by atoms with van der Waals surface area (Å²) in [5.41, 5.74) is 4.54. The molecule has 0 aliphatic heterocycles. The molecule has 1 amide bonds. The van der Waals surface area contributed by atoms with Gasteiger partial charge in [0.15, 0.2) is 0 Å². The second-order valence-electron chi connectivity index (χ2n) is 5.36. The van der Waals surface area contributed by atoms with Crippen molar-refractivity contribution in [2.75, 3.05) is 0 Å². The van der Waals surface area contributed by atoms with Gasteiger partial charge in [0.1, 0.15) is 4.88 Å². The van der Waals surface area contributed by atoms with Crippen molar-refractivity contribution in [2.24, 2.45) is 5.10 Å². The Morgan fingerprint density at radius 3 is 2.54 bits per heavy atom. The molecule has 0 aliphatic rings. The zero-order valence-electron chi connectivity index (χ0n) is 13.3. The number of hydrogen-bond donors (Lipinski definition) is 1. The summed E-state index contributed by atoms with van der Waals surface area (Å²) in [5, 5.41) is 5.72. The third kappa shape index (κ3) is 3.50. The van der Waals surface area contributed by atoms with E-state index < -0.39 is 0 Å². The normalized spacial score (nSPS) is 11.7. The van der Waals surface area contributed by atoms with Crippen molar-refractivity contribution in [3.63, 3.8) is 0 Å². The van der Waals surface area contributed by atoms with Crippen molar-refractivity contribution in [3.8, 4) is 0 Å². The molecule has 0 radical (unpaired) electrons. The Kier molecular flexibility index (Phi) is 5.28. The molecule has 0 saturated carbocycles.